The summed E-state index contributed by atoms with van der Waals surface area (Å²) in [7, 11) is 0. The van der Waals surface area contributed by atoms with Gasteiger partial charge < -0.3 is 9.73 Å². The summed E-state index contributed by atoms with van der Waals surface area (Å²) in [6.45, 7) is 11.8. The molecule has 3 heteroatoms. The van der Waals surface area contributed by atoms with Gasteiger partial charge in [0.05, 0.1) is 6.54 Å². The minimum Gasteiger partial charge on any atom is -0.465 e. The molecule has 1 N–H and O–H groups in total. The average Bonchev–Trinajstić information content (AvgIpc) is 2.70. The Hall–Kier alpha value is -0.800. The molecule has 19 heavy (non-hydrogen) atoms. The largest absolute Gasteiger partial charge is 0.465 e. The highest BCUT2D eigenvalue weighted by molar-refractivity contribution is 5.20. The van der Waals surface area contributed by atoms with E-state index in [9.17, 15) is 0 Å². The average molecular weight is 264 g/mol. The second-order valence-electron chi connectivity index (χ2n) is 6.15. The van der Waals surface area contributed by atoms with Crippen LogP contribution < -0.4 is 5.32 Å². The van der Waals surface area contributed by atoms with Crippen LogP contribution in [0.25, 0.3) is 0 Å². The van der Waals surface area contributed by atoms with Crippen LogP contribution in [-0.2, 0) is 13.1 Å². The Bertz CT molecular complexity index is 397. The highest BCUT2D eigenvalue weighted by Crippen LogP contribution is 2.22. The Labute approximate surface area is 117 Å². The Kier molecular flexibility index (Phi) is 5.06. The summed E-state index contributed by atoms with van der Waals surface area (Å²) in [5.74, 6) is 2.18. The fraction of sp³-hybridized carbons (Fsp3) is 0.750. The number of hydrogen-bond donors (Lipinski definition) is 1. The minimum absolute atomic E-state index is 0.514. The van der Waals surface area contributed by atoms with Crippen LogP contribution in [-0.4, -0.2) is 23.5 Å². The standard InChI is InChI=1S/C16H28N2O/c1-12(2)17-10-15-9-16(19-14(15)4)11-18-8-6-5-7-13(18)3/h9,12-13,17H,5-8,10-11H2,1-4H3. The van der Waals surface area contributed by atoms with E-state index in [1.807, 2.05) is 0 Å². The molecular weight excluding hydrogens is 236 g/mol. The molecule has 0 saturated carbocycles. The molecule has 0 aromatic carbocycles. The zero-order valence-corrected chi connectivity index (χ0v) is 12.8. The third kappa shape index (κ3) is 4.08. The van der Waals surface area contributed by atoms with E-state index in [1.165, 1.54) is 31.4 Å². The number of rotatable bonds is 5. The predicted octanol–water partition coefficient (Wildman–Crippen LogP) is 3.46. The molecule has 2 rings (SSSR count). The maximum atomic E-state index is 5.92. The van der Waals surface area contributed by atoms with Crippen LogP contribution in [0.3, 0.4) is 0 Å². The Morgan fingerprint density at radius 2 is 2.21 bits per heavy atom. The van der Waals surface area contributed by atoms with Gasteiger partial charge in [-0.25, -0.2) is 0 Å². The van der Waals surface area contributed by atoms with Crippen LogP contribution in [0.4, 0.5) is 0 Å². The van der Waals surface area contributed by atoms with E-state index < -0.39 is 0 Å². The number of aryl methyl sites for hydroxylation is 1. The lowest BCUT2D eigenvalue weighted by atomic mass is 10.0. The van der Waals surface area contributed by atoms with Gasteiger partial charge in [-0.15, -0.1) is 0 Å². The maximum Gasteiger partial charge on any atom is 0.118 e. The van der Waals surface area contributed by atoms with Crippen LogP contribution in [0, 0.1) is 6.92 Å². The van der Waals surface area contributed by atoms with Crippen molar-refractivity contribution >= 4 is 0 Å². The van der Waals surface area contributed by atoms with Crippen molar-refractivity contribution in [3.63, 3.8) is 0 Å². The molecule has 2 heterocycles. The van der Waals surface area contributed by atoms with Crippen molar-refractivity contribution in [1.82, 2.24) is 10.2 Å². The normalized spacial score (nSPS) is 21.2. The second-order valence-corrected chi connectivity index (χ2v) is 6.15. The molecule has 0 amide bonds. The fourth-order valence-corrected chi connectivity index (χ4v) is 2.75. The molecule has 0 aliphatic carbocycles. The van der Waals surface area contributed by atoms with Crippen LogP contribution in [0.2, 0.25) is 0 Å². The molecule has 0 bridgehead atoms. The molecule has 1 atom stereocenters. The van der Waals surface area contributed by atoms with Crippen molar-refractivity contribution in [2.75, 3.05) is 6.54 Å². The topological polar surface area (TPSA) is 28.4 Å². The molecule has 1 aromatic rings. The second kappa shape index (κ2) is 6.58. The summed E-state index contributed by atoms with van der Waals surface area (Å²) in [4.78, 5) is 2.54. The molecule has 1 fully saturated rings. The smallest absolute Gasteiger partial charge is 0.118 e. The Morgan fingerprint density at radius 1 is 1.42 bits per heavy atom. The van der Waals surface area contributed by atoms with Gasteiger partial charge in [-0.3, -0.25) is 4.90 Å². The zero-order valence-electron chi connectivity index (χ0n) is 12.8. The van der Waals surface area contributed by atoms with Gasteiger partial charge in [0.15, 0.2) is 0 Å². The monoisotopic (exact) mass is 264 g/mol. The van der Waals surface area contributed by atoms with Gasteiger partial charge in [0.2, 0.25) is 0 Å². The third-order valence-electron chi connectivity index (χ3n) is 4.07. The molecule has 108 valence electrons. The van der Waals surface area contributed by atoms with Crippen molar-refractivity contribution < 1.29 is 4.42 Å². The lowest BCUT2D eigenvalue weighted by Crippen LogP contribution is -2.36. The molecule has 1 saturated heterocycles. The van der Waals surface area contributed by atoms with Gasteiger partial charge in [-0.1, -0.05) is 20.3 Å². The Balaban J connectivity index is 1.95. The summed E-state index contributed by atoms with van der Waals surface area (Å²) in [6, 6.07) is 3.43. The first-order valence-electron chi connectivity index (χ1n) is 7.62. The molecule has 3 nitrogen and oxygen atoms in total. The zero-order chi connectivity index (χ0) is 13.8. The van der Waals surface area contributed by atoms with Gasteiger partial charge in [0.25, 0.3) is 0 Å². The molecule has 1 unspecified atom stereocenters. The van der Waals surface area contributed by atoms with Crippen LogP contribution in [0.15, 0.2) is 10.5 Å². The van der Waals surface area contributed by atoms with E-state index >= 15 is 0 Å². The van der Waals surface area contributed by atoms with Gasteiger partial charge >= 0.3 is 0 Å². The summed E-state index contributed by atoms with van der Waals surface area (Å²) in [5, 5.41) is 3.45. The van der Waals surface area contributed by atoms with Crippen LogP contribution in [0.1, 0.15) is 57.1 Å². The van der Waals surface area contributed by atoms with Crippen molar-refractivity contribution in [2.45, 2.75) is 72.1 Å². The molecule has 1 aliphatic heterocycles. The highest BCUT2D eigenvalue weighted by atomic mass is 16.3. The predicted molar refractivity (Wildman–Crippen MR) is 79.1 cm³/mol. The lowest BCUT2D eigenvalue weighted by Gasteiger charge is -2.32. The first-order chi connectivity index (χ1) is 9.06. The van der Waals surface area contributed by atoms with Gasteiger partial charge in [-0.2, -0.15) is 0 Å². The van der Waals surface area contributed by atoms with E-state index in [1.54, 1.807) is 0 Å². The molecule has 1 aromatic heterocycles. The van der Waals surface area contributed by atoms with E-state index in [4.69, 9.17) is 4.42 Å². The number of nitrogens with zero attached hydrogens (tertiary/aromatic N) is 1. The van der Waals surface area contributed by atoms with E-state index in [0.29, 0.717) is 12.1 Å². The molecule has 0 radical (unpaired) electrons. The Morgan fingerprint density at radius 3 is 2.89 bits per heavy atom. The summed E-state index contributed by atoms with van der Waals surface area (Å²) in [6.07, 6.45) is 4.02. The summed E-state index contributed by atoms with van der Waals surface area (Å²) >= 11 is 0. The van der Waals surface area contributed by atoms with Gasteiger partial charge in [0.1, 0.15) is 11.5 Å². The summed E-state index contributed by atoms with van der Waals surface area (Å²) in [5.41, 5.74) is 1.30. The number of hydrogen-bond acceptors (Lipinski definition) is 3. The molecular formula is C16H28N2O. The van der Waals surface area contributed by atoms with E-state index in [-0.39, 0.29) is 0 Å². The van der Waals surface area contributed by atoms with Gasteiger partial charge in [-0.05, 0) is 39.3 Å². The number of piperidine rings is 1. The summed E-state index contributed by atoms with van der Waals surface area (Å²) < 4.78 is 5.92. The SMILES string of the molecule is Cc1oc(CN2CCCCC2C)cc1CNC(C)C. The third-order valence-corrected chi connectivity index (χ3v) is 4.07. The van der Waals surface area contributed by atoms with Crippen molar-refractivity contribution in [2.24, 2.45) is 0 Å². The number of furan rings is 1. The van der Waals surface area contributed by atoms with Crippen molar-refractivity contribution in [1.29, 1.82) is 0 Å². The molecule has 0 spiro atoms. The van der Waals surface area contributed by atoms with E-state index in [2.05, 4.69) is 44.0 Å². The number of likely N-dealkylation sites (tertiary alicyclic amines) is 1. The first kappa shape index (κ1) is 14.6. The van der Waals surface area contributed by atoms with Crippen molar-refractivity contribution in [3.8, 4) is 0 Å². The highest BCUT2D eigenvalue weighted by Gasteiger charge is 2.20. The first-order valence-corrected chi connectivity index (χ1v) is 7.62. The fourth-order valence-electron chi connectivity index (χ4n) is 2.75. The maximum absolute atomic E-state index is 5.92. The van der Waals surface area contributed by atoms with Crippen LogP contribution >= 0.6 is 0 Å². The van der Waals surface area contributed by atoms with Crippen LogP contribution in [0.5, 0.6) is 0 Å². The lowest BCUT2D eigenvalue weighted by molar-refractivity contribution is 0.141. The van der Waals surface area contributed by atoms with Gasteiger partial charge in [0, 0.05) is 24.2 Å². The quantitative estimate of drug-likeness (QED) is 0.883. The van der Waals surface area contributed by atoms with E-state index in [0.717, 1.165) is 24.6 Å². The minimum atomic E-state index is 0.514. The van der Waals surface area contributed by atoms with Crippen molar-refractivity contribution in [3.05, 3.63) is 23.2 Å². The molecule has 1 aliphatic rings. The number of nitrogens with one attached hydrogen (secondary N) is 1.